The Labute approximate surface area is 186 Å². The highest BCUT2D eigenvalue weighted by atomic mass is 32.2. The van der Waals surface area contributed by atoms with Crippen LogP contribution in [0.5, 0.6) is 0 Å². The summed E-state index contributed by atoms with van der Waals surface area (Å²) in [4.78, 5) is 25.3. The van der Waals surface area contributed by atoms with Crippen molar-refractivity contribution in [3.63, 3.8) is 0 Å². The first-order valence-corrected chi connectivity index (χ1v) is 11.2. The number of anilines is 2. The molecule has 0 aliphatic carbocycles. The molecule has 4 rings (SSSR count). The Morgan fingerprint density at radius 1 is 1.13 bits per heavy atom. The predicted octanol–water partition coefficient (Wildman–Crippen LogP) is 5.24. The Hall–Kier alpha value is -2.93. The summed E-state index contributed by atoms with van der Waals surface area (Å²) in [5.74, 6) is 0.317. The number of nitrogens with one attached hydrogen (secondary N) is 1. The van der Waals surface area contributed by atoms with E-state index in [2.05, 4.69) is 51.4 Å². The lowest BCUT2D eigenvalue weighted by atomic mass is 9.97. The molecule has 1 aromatic heterocycles. The number of rotatable bonds is 5. The van der Waals surface area contributed by atoms with Gasteiger partial charge in [0.25, 0.3) is 0 Å². The van der Waals surface area contributed by atoms with Crippen LogP contribution in [0.4, 0.5) is 15.9 Å². The van der Waals surface area contributed by atoms with Crippen LogP contribution in [0.1, 0.15) is 24.0 Å². The molecule has 1 unspecified atom stereocenters. The summed E-state index contributed by atoms with van der Waals surface area (Å²) in [6.07, 6.45) is 5.10. The summed E-state index contributed by atoms with van der Waals surface area (Å²) < 4.78 is 13.5. The SMILES string of the molecule is Cc1ccc(Sc2nccnc2N2CCCC(C(=O)Nc3ccc(F)c(C)c3)C2)cc1. The molecular formula is C24H25FN4OS. The van der Waals surface area contributed by atoms with Crippen LogP contribution in [0.15, 0.2) is 64.8 Å². The van der Waals surface area contributed by atoms with Crippen LogP contribution in [0.25, 0.3) is 0 Å². The molecule has 1 saturated heterocycles. The molecule has 1 aliphatic rings. The number of piperidine rings is 1. The summed E-state index contributed by atoms with van der Waals surface area (Å²) >= 11 is 1.58. The van der Waals surface area contributed by atoms with Crippen molar-refractivity contribution in [3.05, 3.63) is 71.8 Å². The van der Waals surface area contributed by atoms with Gasteiger partial charge in [-0.25, -0.2) is 14.4 Å². The van der Waals surface area contributed by atoms with Gasteiger partial charge in [-0.05, 0) is 62.6 Å². The van der Waals surface area contributed by atoms with Crippen molar-refractivity contribution in [3.8, 4) is 0 Å². The van der Waals surface area contributed by atoms with Crippen molar-refractivity contribution in [2.24, 2.45) is 5.92 Å². The van der Waals surface area contributed by atoms with Crippen LogP contribution in [-0.4, -0.2) is 29.0 Å². The van der Waals surface area contributed by atoms with E-state index in [9.17, 15) is 9.18 Å². The maximum atomic E-state index is 13.5. The third-order valence-corrected chi connectivity index (χ3v) is 6.39. The molecule has 160 valence electrons. The number of hydrogen-bond donors (Lipinski definition) is 1. The minimum absolute atomic E-state index is 0.0488. The quantitative estimate of drug-likeness (QED) is 0.593. The molecule has 1 N–H and O–H groups in total. The second-order valence-corrected chi connectivity index (χ2v) is 8.90. The molecule has 2 aromatic carbocycles. The summed E-state index contributed by atoms with van der Waals surface area (Å²) in [7, 11) is 0. The summed E-state index contributed by atoms with van der Waals surface area (Å²) in [5.41, 5.74) is 2.35. The van der Waals surface area contributed by atoms with Crippen molar-refractivity contribution in [1.29, 1.82) is 0 Å². The first-order chi connectivity index (χ1) is 15.0. The number of aromatic nitrogens is 2. The lowest BCUT2D eigenvalue weighted by Gasteiger charge is -2.33. The van der Waals surface area contributed by atoms with Gasteiger partial charge in [0.15, 0.2) is 5.82 Å². The number of aryl methyl sites for hydroxylation is 2. The van der Waals surface area contributed by atoms with Crippen LogP contribution < -0.4 is 10.2 Å². The highest BCUT2D eigenvalue weighted by Crippen LogP contribution is 2.34. The molecule has 0 spiro atoms. The van der Waals surface area contributed by atoms with E-state index in [1.807, 2.05) is 0 Å². The van der Waals surface area contributed by atoms with Crippen molar-refractivity contribution in [2.75, 3.05) is 23.3 Å². The molecule has 1 aliphatic heterocycles. The average molecular weight is 437 g/mol. The van der Waals surface area contributed by atoms with Gasteiger partial charge in [-0.3, -0.25) is 4.79 Å². The van der Waals surface area contributed by atoms with E-state index in [0.717, 1.165) is 35.1 Å². The topological polar surface area (TPSA) is 58.1 Å². The Bertz CT molecular complexity index is 1070. The highest BCUT2D eigenvalue weighted by Gasteiger charge is 2.28. The van der Waals surface area contributed by atoms with Gasteiger partial charge in [0.1, 0.15) is 10.8 Å². The minimum Gasteiger partial charge on any atom is -0.354 e. The molecular weight excluding hydrogens is 411 g/mol. The first-order valence-electron chi connectivity index (χ1n) is 10.4. The van der Waals surface area contributed by atoms with Gasteiger partial charge in [0, 0.05) is 36.1 Å². The molecule has 0 bridgehead atoms. The molecule has 7 heteroatoms. The zero-order valence-electron chi connectivity index (χ0n) is 17.6. The van der Waals surface area contributed by atoms with Crippen molar-refractivity contribution in [2.45, 2.75) is 36.6 Å². The van der Waals surface area contributed by atoms with Crippen molar-refractivity contribution < 1.29 is 9.18 Å². The zero-order chi connectivity index (χ0) is 21.8. The Morgan fingerprint density at radius 2 is 1.90 bits per heavy atom. The van der Waals surface area contributed by atoms with Crippen molar-refractivity contribution in [1.82, 2.24) is 9.97 Å². The normalized spacial score (nSPS) is 16.2. The van der Waals surface area contributed by atoms with Crippen LogP contribution in [0.2, 0.25) is 0 Å². The lowest BCUT2D eigenvalue weighted by Crippen LogP contribution is -2.41. The lowest BCUT2D eigenvalue weighted by molar-refractivity contribution is -0.120. The van der Waals surface area contributed by atoms with Gasteiger partial charge in [-0.1, -0.05) is 29.5 Å². The largest absolute Gasteiger partial charge is 0.354 e. The summed E-state index contributed by atoms with van der Waals surface area (Å²) in [6, 6.07) is 13.0. The van der Waals surface area contributed by atoms with E-state index < -0.39 is 0 Å². The van der Waals surface area contributed by atoms with Crippen LogP contribution in [0.3, 0.4) is 0 Å². The van der Waals surface area contributed by atoms with Gasteiger partial charge in [0.2, 0.25) is 5.91 Å². The maximum absolute atomic E-state index is 13.5. The van der Waals surface area contributed by atoms with Gasteiger partial charge in [-0.15, -0.1) is 0 Å². The van der Waals surface area contributed by atoms with Gasteiger partial charge >= 0.3 is 0 Å². The van der Waals surface area contributed by atoms with Crippen LogP contribution in [0, 0.1) is 25.6 Å². The second-order valence-electron chi connectivity index (χ2n) is 7.84. The number of carbonyl (C=O) groups is 1. The minimum atomic E-state index is -0.275. The number of carbonyl (C=O) groups excluding carboxylic acids is 1. The molecule has 0 radical (unpaired) electrons. The van der Waals surface area contributed by atoms with E-state index in [0.29, 0.717) is 17.8 Å². The second kappa shape index (κ2) is 9.47. The average Bonchev–Trinajstić information content (AvgIpc) is 2.78. The number of nitrogens with zero attached hydrogens (tertiary/aromatic N) is 3. The third-order valence-electron chi connectivity index (χ3n) is 5.40. The number of hydrogen-bond acceptors (Lipinski definition) is 5. The highest BCUT2D eigenvalue weighted by molar-refractivity contribution is 7.99. The fourth-order valence-electron chi connectivity index (χ4n) is 3.68. The molecule has 1 fully saturated rings. The van der Waals surface area contributed by atoms with E-state index in [1.54, 1.807) is 43.2 Å². The van der Waals surface area contributed by atoms with Crippen LogP contribution >= 0.6 is 11.8 Å². The van der Waals surface area contributed by atoms with Gasteiger partial charge in [-0.2, -0.15) is 0 Å². The van der Waals surface area contributed by atoms with E-state index >= 15 is 0 Å². The zero-order valence-corrected chi connectivity index (χ0v) is 18.5. The van der Waals surface area contributed by atoms with Crippen molar-refractivity contribution >= 4 is 29.2 Å². The van der Waals surface area contributed by atoms with E-state index in [1.165, 1.54) is 11.6 Å². The fourth-order valence-corrected chi connectivity index (χ4v) is 4.56. The first kappa shape index (κ1) is 21.3. The molecule has 31 heavy (non-hydrogen) atoms. The molecule has 3 aromatic rings. The Balaban J connectivity index is 1.47. The molecule has 1 amide bonds. The number of halogens is 1. The van der Waals surface area contributed by atoms with E-state index in [-0.39, 0.29) is 17.6 Å². The maximum Gasteiger partial charge on any atom is 0.229 e. The summed E-state index contributed by atoms with van der Waals surface area (Å²) in [6.45, 7) is 5.16. The molecule has 5 nitrogen and oxygen atoms in total. The van der Waals surface area contributed by atoms with E-state index in [4.69, 9.17) is 0 Å². The standard InChI is InChI=1S/C24H25FN4OS/c1-16-5-8-20(9-6-16)31-24-22(26-11-12-27-24)29-13-3-4-18(15-29)23(30)28-19-7-10-21(25)17(2)14-19/h5-12,14,18H,3-4,13,15H2,1-2H3,(H,28,30). The van der Waals surface area contributed by atoms with Gasteiger partial charge < -0.3 is 10.2 Å². The fraction of sp³-hybridized carbons (Fsp3) is 0.292. The number of benzene rings is 2. The van der Waals surface area contributed by atoms with Crippen LogP contribution in [-0.2, 0) is 4.79 Å². The molecule has 0 saturated carbocycles. The number of amides is 1. The Kier molecular flexibility index (Phi) is 6.51. The monoisotopic (exact) mass is 436 g/mol. The third kappa shape index (κ3) is 5.22. The molecule has 1 atom stereocenters. The van der Waals surface area contributed by atoms with Gasteiger partial charge in [0.05, 0.1) is 5.92 Å². The Morgan fingerprint density at radius 3 is 2.68 bits per heavy atom. The predicted molar refractivity (Wildman–Crippen MR) is 122 cm³/mol. The molecule has 2 heterocycles. The summed E-state index contributed by atoms with van der Waals surface area (Å²) in [5, 5.41) is 3.77. The smallest absolute Gasteiger partial charge is 0.229 e.